The van der Waals surface area contributed by atoms with Crippen LogP contribution in [-0.4, -0.2) is 9.97 Å². The van der Waals surface area contributed by atoms with Crippen molar-refractivity contribution in [1.82, 2.24) is 9.97 Å². The second kappa shape index (κ2) is 3.30. The topological polar surface area (TPSA) is 45.8 Å². The monoisotopic (exact) mass is 316 g/mol. The van der Waals surface area contributed by atoms with Gasteiger partial charge in [0.05, 0.1) is 9.26 Å². The van der Waals surface area contributed by atoms with Gasteiger partial charge in [-0.3, -0.25) is 4.79 Å². The number of nitrogens with zero attached hydrogens (tertiary/aromatic N) is 1. The smallest absolute Gasteiger partial charge is 0.264 e. The molecule has 2 unspecified atom stereocenters. The Morgan fingerprint density at radius 2 is 2.13 bits per heavy atom. The predicted octanol–water partition coefficient (Wildman–Crippen LogP) is 2.38. The molecule has 80 valence electrons. The minimum absolute atomic E-state index is 0.0570. The largest absolute Gasteiger partial charge is 0.309 e. The average Bonchev–Trinajstić information content (AvgIpc) is 3.04. The first-order valence-electron chi connectivity index (χ1n) is 5.46. The van der Waals surface area contributed by atoms with Crippen molar-refractivity contribution in [2.45, 2.75) is 38.0 Å². The van der Waals surface area contributed by atoms with Gasteiger partial charge in [0.25, 0.3) is 5.56 Å². The Kier molecular flexibility index (Phi) is 2.16. The van der Waals surface area contributed by atoms with Crippen molar-refractivity contribution in [1.29, 1.82) is 0 Å². The molecule has 0 aromatic carbocycles. The van der Waals surface area contributed by atoms with Crippen LogP contribution in [0.5, 0.6) is 0 Å². The molecule has 4 heteroatoms. The van der Waals surface area contributed by atoms with Crippen molar-refractivity contribution in [3.05, 3.63) is 25.4 Å². The Balaban J connectivity index is 2.05. The van der Waals surface area contributed by atoms with Crippen LogP contribution in [0.4, 0.5) is 0 Å². The van der Waals surface area contributed by atoms with E-state index in [0.29, 0.717) is 17.8 Å². The minimum Gasteiger partial charge on any atom is -0.309 e. The lowest BCUT2D eigenvalue weighted by Crippen LogP contribution is -2.17. The summed E-state index contributed by atoms with van der Waals surface area (Å²) in [5, 5.41) is 0. The highest BCUT2D eigenvalue weighted by molar-refractivity contribution is 14.1. The Bertz CT molecular complexity index is 464. The molecular weight excluding hydrogens is 303 g/mol. The quantitative estimate of drug-likeness (QED) is 0.852. The number of hydrogen-bond acceptors (Lipinski definition) is 2. The Hall–Kier alpha value is -0.390. The summed E-state index contributed by atoms with van der Waals surface area (Å²) in [6, 6.07) is 0. The van der Waals surface area contributed by atoms with E-state index in [4.69, 9.17) is 0 Å². The van der Waals surface area contributed by atoms with Gasteiger partial charge < -0.3 is 4.98 Å². The van der Waals surface area contributed by atoms with Gasteiger partial charge in [-0.05, 0) is 47.8 Å². The van der Waals surface area contributed by atoms with Crippen LogP contribution in [0.15, 0.2) is 4.79 Å². The summed E-state index contributed by atoms with van der Waals surface area (Å²) < 4.78 is 0.798. The van der Waals surface area contributed by atoms with Gasteiger partial charge in [-0.25, -0.2) is 4.98 Å². The van der Waals surface area contributed by atoms with Crippen LogP contribution in [-0.2, 0) is 0 Å². The minimum atomic E-state index is 0.0570. The number of rotatable bonds is 2. The maximum atomic E-state index is 11.7. The van der Waals surface area contributed by atoms with E-state index in [9.17, 15) is 4.79 Å². The first-order valence-corrected chi connectivity index (χ1v) is 6.54. The third-order valence-corrected chi connectivity index (χ3v) is 4.37. The fourth-order valence-corrected chi connectivity index (χ4v) is 2.70. The molecule has 2 saturated carbocycles. The van der Waals surface area contributed by atoms with Crippen molar-refractivity contribution in [2.75, 3.05) is 0 Å². The van der Waals surface area contributed by atoms with Gasteiger partial charge >= 0.3 is 0 Å². The van der Waals surface area contributed by atoms with E-state index in [1.165, 1.54) is 19.3 Å². The third kappa shape index (κ3) is 1.73. The van der Waals surface area contributed by atoms with E-state index in [1.807, 2.05) is 0 Å². The van der Waals surface area contributed by atoms with Gasteiger partial charge in [-0.15, -0.1) is 0 Å². The molecule has 3 nitrogen and oxygen atoms in total. The second-order valence-corrected chi connectivity index (χ2v) is 5.82. The molecule has 15 heavy (non-hydrogen) atoms. The van der Waals surface area contributed by atoms with Crippen LogP contribution in [0.25, 0.3) is 0 Å². The normalized spacial score (nSPS) is 29.2. The molecule has 0 spiro atoms. The molecule has 3 rings (SSSR count). The maximum absolute atomic E-state index is 11.7. The summed E-state index contributed by atoms with van der Waals surface area (Å²) >= 11 is 2.12. The van der Waals surface area contributed by atoms with Crippen LogP contribution >= 0.6 is 22.6 Å². The third-order valence-electron chi connectivity index (χ3n) is 3.33. The van der Waals surface area contributed by atoms with E-state index in [0.717, 1.165) is 15.1 Å². The van der Waals surface area contributed by atoms with Crippen molar-refractivity contribution >= 4 is 22.6 Å². The van der Waals surface area contributed by atoms with E-state index in [-0.39, 0.29) is 5.56 Å². The molecule has 2 atom stereocenters. The first-order chi connectivity index (χ1) is 7.16. The molecule has 1 heterocycles. The van der Waals surface area contributed by atoms with Crippen molar-refractivity contribution in [2.24, 2.45) is 5.92 Å². The fourth-order valence-electron chi connectivity index (χ4n) is 2.00. The second-order valence-electron chi connectivity index (χ2n) is 4.74. The van der Waals surface area contributed by atoms with Crippen molar-refractivity contribution < 1.29 is 0 Å². The van der Waals surface area contributed by atoms with Gasteiger partial charge in [0, 0.05) is 11.8 Å². The Morgan fingerprint density at radius 3 is 2.67 bits per heavy atom. The van der Waals surface area contributed by atoms with Crippen LogP contribution in [0.3, 0.4) is 0 Å². The van der Waals surface area contributed by atoms with Crippen LogP contribution < -0.4 is 5.56 Å². The maximum Gasteiger partial charge on any atom is 0.264 e. The zero-order valence-corrected chi connectivity index (χ0v) is 10.7. The molecule has 1 aromatic heterocycles. The zero-order valence-electron chi connectivity index (χ0n) is 8.59. The lowest BCUT2D eigenvalue weighted by molar-refractivity contribution is 0.802. The number of hydrogen-bond donors (Lipinski definition) is 1. The summed E-state index contributed by atoms with van der Waals surface area (Å²) in [5.74, 6) is 2.69. The van der Waals surface area contributed by atoms with E-state index in [1.54, 1.807) is 0 Å². The zero-order chi connectivity index (χ0) is 10.6. The van der Waals surface area contributed by atoms with Gasteiger partial charge in [0.15, 0.2) is 0 Å². The summed E-state index contributed by atoms with van der Waals surface area (Å²) in [5.41, 5.74) is 1.11. The summed E-state index contributed by atoms with van der Waals surface area (Å²) in [7, 11) is 0. The molecule has 0 bridgehead atoms. The number of nitrogens with one attached hydrogen (secondary N) is 1. The van der Waals surface area contributed by atoms with E-state index < -0.39 is 0 Å². The SMILES string of the molecule is CC1CC1c1nc(C2CC2)c(I)c(=O)[nH]1. The lowest BCUT2D eigenvalue weighted by Gasteiger charge is -2.04. The van der Waals surface area contributed by atoms with Crippen LogP contribution in [0.1, 0.15) is 49.5 Å². The molecule has 1 aromatic rings. The number of aromatic nitrogens is 2. The number of aromatic amines is 1. The fraction of sp³-hybridized carbons (Fsp3) is 0.636. The highest BCUT2D eigenvalue weighted by atomic mass is 127. The highest BCUT2D eigenvalue weighted by Gasteiger charge is 2.38. The first kappa shape index (κ1) is 9.81. The summed E-state index contributed by atoms with van der Waals surface area (Å²) in [6.45, 7) is 2.21. The van der Waals surface area contributed by atoms with Gasteiger partial charge in [-0.2, -0.15) is 0 Å². The molecule has 2 fully saturated rings. The predicted molar refractivity (Wildman–Crippen MR) is 66.1 cm³/mol. The Labute approximate surface area is 102 Å². The molecule has 0 aliphatic heterocycles. The number of H-pyrrole nitrogens is 1. The molecule has 2 aliphatic carbocycles. The van der Waals surface area contributed by atoms with Gasteiger partial charge in [-0.1, -0.05) is 6.92 Å². The van der Waals surface area contributed by atoms with Crippen molar-refractivity contribution in [3.63, 3.8) is 0 Å². The van der Waals surface area contributed by atoms with Crippen molar-refractivity contribution in [3.8, 4) is 0 Å². The highest BCUT2D eigenvalue weighted by Crippen LogP contribution is 2.46. The molecular formula is C11H13IN2O. The summed E-state index contributed by atoms with van der Waals surface area (Å²) in [6.07, 6.45) is 3.58. The van der Waals surface area contributed by atoms with Gasteiger partial charge in [0.2, 0.25) is 0 Å². The molecule has 0 saturated heterocycles. The van der Waals surface area contributed by atoms with E-state index >= 15 is 0 Å². The molecule has 2 aliphatic rings. The number of halogens is 1. The summed E-state index contributed by atoms with van der Waals surface area (Å²) in [4.78, 5) is 19.3. The van der Waals surface area contributed by atoms with Crippen LogP contribution in [0, 0.1) is 9.49 Å². The average molecular weight is 316 g/mol. The van der Waals surface area contributed by atoms with Gasteiger partial charge in [0.1, 0.15) is 5.82 Å². The molecule has 0 radical (unpaired) electrons. The Morgan fingerprint density at radius 1 is 1.47 bits per heavy atom. The molecule has 0 amide bonds. The van der Waals surface area contributed by atoms with Crippen LogP contribution in [0.2, 0.25) is 0 Å². The molecule has 1 N–H and O–H groups in total. The standard InChI is InChI=1S/C11H13IN2O/c1-5-4-7(5)10-13-9(6-2-3-6)8(12)11(15)14-10/h5-7H,2-4H2,1H3,(H,13,14,15). The van der Waals surface area contributed by atoms with E-state index in [2.05, 4.69) is 39.5 Å². The lowest BCUT2D eigenvalue weighted by atomic mass is 10.2.